The number of nitrogens with two attached hydrogens (primary N) is 1. The third kappa shape index (κ3) is 2.92. The first-order valence-electron chi connectivity index (χ1n) is 6.28. The van der Waals surface area contributed by atoms with E-state index in [9.17, 15) is 4.79 Å². The molecule has 0 spiro atoms. The normalized spacial score (nSPS) is 17.9. The molecular weight excluding hydrogens is 290 g/mol. The Hall–Kier alpha value is -2.28. The Morgan fingerprint density at radius 1 is 1.29 bits per heavy atom. The molecule has 21 heavy (non-hydrogen) atoms. The molecule has 1 atom stereocenters. The van der Waals surface area contributed by atoms with Crippen LogP contribution >= 0.6 is 12.2 Å². The summed E-state index contributed by atoms with van der Waals surface area (Å²) in [4.78, 5) is 11.7. The van der Waals surface area contributed by atoms with Crippen LogP contribution in [0.4, 0.5) is 0 Å². The van der Waals surface area contributed by atoms with Crippen molar-refractivity contribution in [3.8, 4) is 11.5 Å². The van der Waals surface area contributed by atoms with Crippen molar-refractivity contribution in [3.63, 3.8) is 0 Å². The van der Waals surface area contributed by atoms with Gasteiger partial charge in [-0.05, 0) is 36.8 Å². The van der Waals surface area contributed by atoms with Gasteiger partial charge in [0.15, 0.2) is 16.6 Å². The lowest BCUT2D eigenvalue weighted by Crippen LogP contribution is -2.46. The number of methoxy groups -OCH3 is 2. The quantitative estimate of drug-likeness (QED) is 0.719. The third-order valence-corrected chi connectivity index (χ3v) is 3.50. The van der Waals surface area contributed by atoms with Crippen LogP contribution in [0.1, 0.15) is 18.5 Å². The molecular formula is C14H17N3O3S. The number of primary amides is 1. The van der Waals surface area contributed by atoms with Crippen molar-refractivity contribution in [2.75, 3.05) is 14.2 Å². The summed E-state index contributed by atoms with van der Waals surface area (Å²) in [5.74, 6) is 0.677. The summed E-state index contributed by atoms with van der Waals surface area (Å²) in [5, 5.41) is 6.40. The van der Waals surface area contributed by atoms with Crippen molar-refractivity contribution < 1.29 is 14.3 Å². The Kier molecular flexibility index (Phi) is 4.32. The lowest BCUT2D eigenvalue weighted by atomic mass is 9.95. The van der Waals surface area contributed by atoms with Crippen LogP contribution in [0.2, 0.25) is 0 Å². The molecule has 0 saturated heterocycles. The minimum absolute atomic E-state index is 0.420. The minimum atomic E-state index is -0.505. The van der Waals surface area contributed by atoms with E-state index in [0.29, 0.717) is 27.9 Å². The Bertz CT molecular complexity index is 628. The molecule has 2 rings (SSSR count). The molecule has 1 aromatic carbocycles. The van der Waals surface area contributed by atoms with Gasteiger partial charge in [-0.3, -0.25) is 4.79 Å². The zero-order chi connectivity index (χ0) is 15.6. The molecule has 1 heterocycles. The molecule has 1 aliphatic heterocycles. The van der Waals surface area contributed by atoms with Gasteiger partial charge in [-0.15, -0.1) is 0 Å². The number of hydrogen-bond donors (Lipinski definition) is 3. The van der Waals surface area contributed by atoms with E-state index in [1.54, 1.807) is 33.3 Å². The fraction of sp³-hybridized carbons (Fsp3) is 0.286. The Balaban J connectivity index is 2.50. The van der Waals surface area contributed by atoms with Gasteiger partial charge in [0.2, 0.25) is 5.91 Å². The van der Waals surface area contributed by atoms with Crippen LogP contribution in [0.5, 0.6) is 11.5 Å². The van der Waals surface area contributed by atoms with Gasteiger partial charge in [-0.1, -0.05) is 6.07 Å². The van der Waals surface area contributed by atoms with Crippen LogP contribution in [-0.4, -0.2) is 25.2 Å². The van der Waals surface area contributed by atoms with Gasteiger partial charge in [0.05, 0.1) is 25.8 Å². The second kappa shape index (κ2) is 6.01. The highest BCUT2D eigenvalue weighted by Crippen LogP contribution is 2.33. The number of thiocarbonyl (C=S) groups is 1. The number of carbonyl (C=O) groups excluding carboxylic acids is 1. The van der Waals surface area contributed by atoms with E-state index in [1.165, 1.54) is 0 Å². The van der Waals surface area contributed by atoms with Gasteiger partial charge in [0.25, 0.3) is 0 Å². The van der Waals surface area contributed by atoms with Gasteiger partial charge in [-0.2, -0.15) is 0 Å². The first-order chi connectivity index (χ1) is 9.97. The molecule has 0 aromatic heterocycles. The SMILES string of the molecule is COc1ccc([C@@H]2NC(=S)NC(C)=C2C(N)=O)cc1OC. The Morgan fingerprint density at radius 3 is 2.52 bits per heavy atom. The van der Waals surface area contributed by atoms with Crippen LogP contribution in [0.15, 0.2) is 29.5 Å². The highest BCUT2D eigenvalue weighted by molar-refractivity contribution is 7.80. The standard InChI is InChI=1S/C14H17N3O3S/c1-7-11(13(15)18)12(17-14(21)16-7)8-4-5-9(19-2)10(6-8)20-3/h4-6,12H,1-3H3,(H2,15,18)(H2,16,17,21)/t12-/m0/s1. The van der Waals surface area contributed by atoms with Crippen molar-refractivity contribution in [2.24, 2.45) is 5.73 Å². The summed E-state index contributed by atoms with van der Waals surface area (Å²) < 4.78 is 10.5. The molecule has 7 heteroatoms. The third-order valence-electron chi connectivity index (χ3n) is 3.28. The molecule has 1 amide bonds. The van der Waals surface area contributed by atoms with Crippen LogP contribution < -0.4 is 25.8 Å². The van der Waals surface area contributed by atoms with E-state index in [0.717, 1.165) is 5.56 Å². The first-order valence-corrected chi connectivity index (χ1v) is 6.68. The number of rotatable bonds is 4. The molecule has 0 bridgehead atoms. The van der Waals surface area contributed by atoms with Gasteiger partial charge in [-0.25, -0.2) is 0 Å². The van der Waals surface area contributed by atoms with Crippen LogP contribution in [0.25, 0.3) is 0 Å². The molecule has 1 aliphatic rings. The van der Waals surface area contributed by atoms with Crippen LogP contribution in [0, 0.1) is 0 Å². The van der Waals surface area contributed by atoms with Crippen LogP contribution in [0.3, 0.4) is 0 Å². The number of amides is 1. The maximum atomic E-state index is 11.7. The maximum absolute atomic E-state index is 11.7. The van der Waals surface area contributed by atoms with Crippen molar-refractivity contribution in [2.45, 2.75) is 13.0 Å². The molecule has 0 unspecified atom stereocenters. The van der Waals surface area contributed by atoms with E-state index in [4.69, 9.17) is 27.4 Å². The van der Waals surface area contributed by atoms with Crippen molar-refractivity contribution in [1.82, 2.24) is 10.6 Å². The smallest absolute Gasteiger partial charge is 0.248 e. The predicted molar refractivity (Wildman–Crippen MR) is 83.1 cm³/mol. The predicted octanol–water partition coefficient (Wildman–Crippen LogP) is 0.982. The van der Waals surface area contributed by atoms with Crippen LogP contribution in [-0.2, 0) is 4.79 Å². The van der Waals surface area contributed by atoms with E-state index in [-0.39, 0.29) is 0 Å². The summed E-state index contributed by atoms with van der Waals surface area (Å²) in [5.41, 5.74) is 7.38. The van der Waals surface area contributed by atoms with Gasteiger partial charge in [0, 0.05) is 5.70 Å². The van der Waals surface area contributed by atoms with Crippen molar-refractivity contribution >= 4 is 23.2 Å². The number of benzene rings is 1. The van der Waals surface area contributed by atoms with Gasteiger partial charge >= 0.3 is 0 Å². The number of carbonyl (C=O) groups is 1. The summed E-state index contributed by atoms with van der Waals surface area (Å²) in [6, 6.07) is 4.98. The summed E-state index contributed by atoms with van der Waals surface area (Å²) in [6.07, 6.45) is 0. The molecule has 112 valence electrons. The number of ether oxygens (including phenoxy) is 2. The second-order valence-corrected chi connectivity index (χ2v) is 4.96. The lowest BCUT2D eigenvalue weighted by molar-refractivity contribution is -0.115. The highest BCUT2D eigenvalue weighted by atomic mass is 32.1. The Morgan fingerprint density at radius 2 is 1.95 bits per heavy atom. The number of hydrogen-bond acceptors (Lipinski definition) is 4. The fourth-order valence-electron chi connectivity index (χ4n) is 2.30. The molecule has 0 radical (unpaired) electrons. The minimum Gasteiger partial charge on any atom is -0.493 e. The number of allylic oxidation sites excluding steroid dienone is 1. The van der Waals surface area contributed by atoms with E-state index in [2.05, 4.69) is 10.6 Å². The summed E-state index contributed by atoms with van der Waals surface area (Å²) >= 11 is 5.14. The van der Waals surface area contributed by atoms with Crippen molar-refractivity contribution in [1.29, 1.82) is 0 Å². The second-order valence-electron chi connectivity index (χ2n) is 4.55. The highest BCUT2D eigenvalue weighted by Gasteiger charge is 2.29. The largest absolute Gasteiger partial charge is 0.493 e. The molecule has 0 fully saturated rings. The zero-order valence-corrected chi connectivity index (χ0v) is 12.8. The fourth-order valence-corrected chi connectivity index (χ4v) is 2.57. The summed E-state index contributed by atoms with van der Waals surface area (Å²) in [6.45, 7) is 1.76. The average Bonchev–Trinajstić information content (AvgIpc) is 2.45. The molecule has 0 saturated carbocycles. The lowest BCUT2D eigenvalue weighted by Gasteiger charge is -2.29. The monoisotopic (exact) mass is 307 g/mol. The first kappa shape index (κ1) is 15.1. The van der Waals surface area contributed by atoms with Gasteiger partial charge in [0.1, 0.15) is 0 Å². The maximum Gasteiger partial charge on any atom is 0.248 e. The van der Waals surface area contributed by atoms with E-state index >= 15 is 0 Å². The summed E-state index contributed by atoms with van der Waals surface area (Å²) in [7, 11) is 3.12. The van der Waals surface area contributed by atoms with E-state index in [1.807, 2.05) is 6.07 Å². The molecule has 6 nitrogen and oxygen atoms in total. The zero-order valence-electron chi connectivity index (χ0n) is 12.0. The topological polar surface area (TPSA) is 85.6 Å². The molecule has 4 N–H and O–H groups in total. The van der Waals surface area contributed by atoms with Gasteiger partial charge < -0.3 is 25.8 Å². The molecule has 0 aliphatic carbocycles. The average molecular weight is 307 g/mol. The van der Waals surface area contributed by atoms with E-state index < -0.39 is 11.9 Å². The van der Waals surface area contributed by atoms with Crippen molar-refractivity contribution in [3.05, 3.63) is 35.0 Å². The number of nitrogens with one attached hydrogen (secondary N) is 2. The molecule has 1 aromatic rings. The Labute approximate surface area is 128 Å².